The summed E-state index contributed by atoms with van der Waals surface area (Å²) in [6, 6.07) is 0. The van der Waals surface area contributed by atoms with Gasteiger partial charge in [-0.1, -0.05) is 0 Å². The molecule has 1 aliphatic carbocycles. The van der Waals surface area contributed by atoms with Gasteiger partial charge in [0.2, 0.25) is 0 Å². The molecule has 1 atom stereocenters. The second-order valence-electron chi connectivity index (χ2n) is 4.05. The van der Waals surface area contributed by atoms with Gasteiger partial charge >= 0.3 is 0 Å². The first kappa shape index (κ1) is 7.50. The van der Waals surface area contributed by atoms with Crippen molar-refractivity contribution in [3.8, 4) is 0 Å². The van der Waals surface area contributed by atoms with E-state index in [-0.39, 0.29) is 6.10 Å². The van der Waals surface area contributed by atoms with E-state index in [2.05, 4.69) is 14.8 Å². The molecule has 0 saturated heterocycles. The number of aryl methyl sites for hydroxylation is 1. The van der Waals surface area contributed by atoms with Gasteiger partial charge in [-0.25, -0.2) is 0 Å². The molecular weight excluding hydrogens is 166 g/mol. The van der Waals surface area contributed by atoms with Gasteiger partial charge in [-0.15, -0.1) is 10.2 Å². The van der Waals surface area contributed by atoms with Crippen molar-refractivity contribution in [2.24, 2.45) is 0 Å². The number of hydrogen-bond acceptors (Lipinski definition) is 3. The molecule has 4 heteroatoms. The van der Waals surface area contributed by atoms with Gasteiger partial charge in [-0.05, 0) is 19.3 Å². The number of nitrogens with zero attached hydrogens (tertiary/aromatic N) is 3. The third-order valence-electron chi connectivity index (χ3n) is 2.89. The van der Waals surface area contributed by atoms with Crippen molar-refractivity contribution >= 4 is 0 Å². The summed E-state index contributed by atoms with van der Waals surface area (Å²) in [4.78, 5) is 0. The van der Waals surface area contributed by atoms with Gasteiger partial charge in [0.25, 0.3) is 0 Å². The standard InChI is InChI=1S/C9H13N3O/c13-7-3-4-8-10-11-9(6-1-2-6)12(8)5-7/h6-7,13H,1-5H2. The predicted molar refractivity (Wildman–Crippen MR) is 46.3 cm³/mol. The van der Waals surface area contributed by atoms with Gasteiger partial charge in [0, 0.05) is 12.3 Å². The average molecular weight is 179 g/mol. The zero-order valence-electron chi connectivity index (χ0n) is 7.48. The van der Waals surface area contributed by atoms with Crippen LogP contribution < -0.4 is 0 Å². The second kappa shape index (κ2) is 2.54. The Balaban J connectivity index is 1.99. The first-order chi connectivity index (χ1) is 6.34. The molecule has 1 aromatic heterocycles. The maximum Gasteiger partial charge on any atom is 0.136 e. The fourth-order valence-electron chi connectivity index (χ4n) is 1.97. The Morgan fingerprint density at radius 2 is 2.08 bits per heavy atom. The molecule has 0 aromatic carbocycles. The normalized spacial score (nSPS) is 27.3. The SMILES string of the molecule is OC1CCc2nnc(C3CC3)n2C1. The van der Waals surface area contributed by atoms with Crippen molar-refractivity contribution in [1.29, 1.82) is 0 Å². The van der Waals surface area contributed by atoms with Crippen LogP contribution in [-0.2, 0) is 13.0 Å². The van der Waals surface area contributed by atoms with Crippen molar-refractivity contribution in [3.63, 3.8) is 0 Å². The highest BCUT2D eigenvalue weighted by molar-refractivity contribution is 5.10. The highest BCUT2D eigenvalue weighted by atomic mass is 16.3. The molecule has 4 nitrogen and oxygen atoms in total. The van der Waals surface area contributed by atoms with Crippen molar-refractivity contribution in [1.82, 2.24) is 14.8 Å². The summed E-state index contributed by atoms with van der Waals surface area (Å²) < 4.78 is 2.12. The number of aliphatic hydroxyl groups is 1. The summed E-state index contributed by atoms with van der Waals surface area (Å²) in [6.45, 7) is 0.703. The Hall–Kier alpha value is -0.900. The Morgan fingerprint density at radius 1 is 1.23 bits per heavy atom. The van der Waals surface area contributed by atoms with E-state index in [1.54, 1.807) is 0 Å². The second-order valence-corrected chi connectivity index (χ2v) is 4.05. The Bertz CT molecular complexity index is 330. The van der Waals surface area contributed by atoms with Gasteiger partial charge in [-0.3, -0.25) is 0 Å². The summed E-state index contributed by atoms with van der Waals surface area (Å²) >= 11 is 0. The molecule has 0 bridgehead atoms. The van der Waals surface area contributed by atoms with Gasteiger partial charge in [0.15, 0.2) is 0 Å². The minimum absolute atomic E-state index is 0.194. The molecule has 3 rings (SSSR count). The van der Waals surface area contributed by atoms with Crippen LogP contribution >= 0.6 is 0 Å². The minimum atomic E-state index is -0.194. The van der Waals surface area contributed by atoms with Crippen molar-refractivity contribution in [2.45, 2.75) is 44.2 Å². The van der Waals surface area contributed by atoms with E-state index in [0.717, 1.165) is 24.5 Å². The fraction of sp³-hybridized carbons (Fsp3) is 0.778. The zero-order valence-corrected chi connectivity index (χ0v) is 7.48. The van der Waals surface area contributed by atoms with E-state index in [1.807, 2.05) is 0 Å². The lowest BCUT2D eigenvalue weighted by Gasteiger charge is -2.19. The molecule has 1 saturated carbocycles. The van der Waals surface area contributed by atoms with Crippen molar-refractivity contribution < 1.29 is 5.11 Å². The average Bonchev–Trinajstić information content (AvgIpc) is 2.87. The van der Waals surface area contributed by atoms with Gasteiger partial charge in [-0.2, -0.15) is 0 Å². The molecule has 1 N–H and O–H groups in total. The van der Waals surface area contributed by atoms with Crippen LogP contribution in [0.5, 0.6) is 0 Å². The van der Waals surface area contributed by atoms with Crippen LogP contribution in [-0.4, -0.2) is 26.0 Å². The third kappa shape index (κ3) is 1.16. The molecular formula is C9H13N3O. The summed E-state index contributed by atoms with van der Waals surface area (Å²) in [5.41, 5.74) is 0. The summed E-state index contributed by atoms with van der Waals surface area (Å²) in [6.07, 6.45) is 4.01. The fourth-order valence-corrected chi connectivity index (χ4v) is 1.97. The van der Waals surface area contributed by atoms with E-state index in [0.29, 0.717) is 12.5 Å². The number of hydrogen-bond donors (Lipinski definition) is 1. The molecule has 70 valence electrons. The summed E-state index contributed by atoms with van der Waals surface area (Å²) in [5.74, 6) is 2.80. The van der Waals surface area contributed by atoms with Gasteiger partial charge in [0.1, 0.15) is 11.6 Å². The van der Waals surface area contributed by atoms with Crippen LogP contribution in [0, 0.1) is 0 Å². The van der Waals surface area contributed by atoms with E-state index in [9.17, 15) is 5.11 Å². The van der Waals surface area contributed by atoms with Gasteiger partial charge in [0.05, 0.1) is 12.6 Å². The Labute approximate surface area is 76.6 Å². The molecule has 2 aliphatic rings. The molecule has 1 aromatic rings. The van der Waals surface area contributed by atoms with E-state index < -0.39 is 0 Å². The third-order valence-corrected chi connectivity index (χ3v) is 2.89. The van der Waals surface area contributed by atoms with Crippen LogP contribution in [0.25, 0.3) is 0 Å². The molecule has 1 unspecified atom stereocenters. The lowest BCUT2D eigenvalue weighted by Crippen LogP contribution is -2.25. The lowest BCUT2D eigenvalue weighted by molar-refractivity contribution is 0.129. The maximum atomic E-state index is 9.52. The van der Waals surface area contributed by atoms with Gasteiger partial charge < -0.3 is 9.67 Å². The van der Waals surface area contributed by atoms with Crippen LogP contribution in [0.15, 0.2) is 0 Å². The highest BCUT2D eigenvalue weighted by Gasteiger charge is 2.32. The smallest absolute Gasteiger partial charge is 0.136 e. The Morgan fingerprint density at radius 3 is 2.85 bits per heavy atom. The first-order valence-corrected chi connectivity index (χ1v) is 4.94. The van der Waals surface area contributed by atoms with E-state index >= 15 is 0 Å². The quantitative estimate of drug-likeness (QED) is 0.681. The predicted octanol–water partition coefficient (Wildman–Crippen LogP) is 0.463. The lowest BCUT2D eigenvalue weighted by atomic mass is 10.1. The Kier molecular flexibility index (Phi) is 1.47. The topological polar surface area (TPSA) is 50.9 Å². The van der Waals surface area contributed by atoms with Crippen LogP contribution in [0.3, 0.4) is 0 Å². The molecule has 0 radical (unpaired) electrons. The van der Waals surface area contributed by atoms with E-state index in [1.165, 1.54) is 12.8 Å². The molecule has 0 spiro atoms. The van der Waals surface area contributed by atoms with Crippen LogP contribution in [0.1, 0.15) is 36.8 Å². The number of aliphatic hydroxyl groups excluding tert-OH is 1. The molecule has 1 aliphatic heterocycles. The van der Waals surface area contributed by atoms with Crippen molar-refractivity contribution in [3.05, 3.63) is 11.6 Å². The van der Waals surface area contributed by atoms with Crippen molar-refractivity contribution in [2.75, 3.05) is 0 Å². The first-order valence-electron chi connectivity index (χ1n) is 4.94. The number of aromatic nitrogens is 3. The maximum absolute atomic E-state index is 9.52. The van der Waals surface area contributed by atoms with Crippen LogP contribution in [0.4, 0.5) is 0 Å². The number of fused-ring (bicyclic) bond motifs is 1. The monoisotopic (exact) mass is 179 g/mol. The zero-order chi connectivity index (χ0) is 8.84. The largest absolute Gasteiger partial charge is 0.391 e. The van der Waals surface area contributed by atoms with Crippen LogP contribution in [0.2, 0.25) is 0 Å². The molecule has 1 fully saturated rings. The molecule has 2 heterocycles. The minimum Gasteiger partial charge on any atom is -0.391 e. The highest BCUT2D eigenvalue weighted by Crippen LogP contribution is 2.39. The van der Waals surface area contributed by atoms with E-state index in [4.69, 9.17) is 0 Å². The summed E-state index contributed by atoms with van der Waals surface area (Å²) in [7, 11) is 0. The molecule has 13 heavy (non-hydrogen) atoms. The number of rotatable bonds is 1. The molecule has 0 amide bonds. The summed E-state index contributed by atoms with van der Waals surface area (Å²) in [5, 5.41) is 17.9.